The van der Waals surface area contributed by atoms with Crippen molar-refractivity contribution in [2.75, 3.05) is 13.1 Å². The molecular weight excluding hydrogens is 275 g/mol. The van der Waals surface area contributed by atoms with Gasteiger partial charge in [-0.2, -0.15) is 0 Å². The van der Waals surface area contributed by atoms with Crippen LogP contribution in [0.3, 0.4) is 0 Å². The first kappa shape index (κ1) is 11.5. The van der Waals surface area contributed by atoms with Gasteiger partial charge in [0.1, 0.15) is 5.82 Å². The van der Waals surface area contributed by atoms with Crippen molar-refractivity contribution in [3.8, 4) is 0 Å². The molecule has 5 heteroatoms. The minimum absolute atomic E-state index is 0.0927. The van der Waals surface area contributed by atoms with Crippen molar-refractivity contribution in [1.29, 1.82) is 0 Å². The van der Waals surface area contributed by atoms with Crippen molar-refractivity contribution in [3.05, 3.63) is 34.1 Å². The molecule has 1 aromatic rings. The molecule has 0 aliphatic carbocycles. The molecule has 0 bridgehead atoms. The Morgan fingerprint density at radius 3 is 3.00 bits per heavy atom. The van der Waals surface area contributed by atoms with Gasteiger partial charge in [0.25, 0.3) is 5.91 Å². The van der Waals surface area contributed by atoms with Gasteiger partial charge in [-0.15, -0.1) is 0 Å². The summed E-state index contributed by atoms with van der Waals surface area (Å²) in [6, 6.07) is 4.54. The Labute approximate surface area is 102 Å². The Bertz CT molecular complexity index is 405. The average molecular weight is 287 g/mol. The molecular formula is C11H12BrFN2O. The Balaban J connectivity index is 2.08. The smallest absolute Gasteiger partial charge is 0.254 e. The van der Waals surface area contributed by atoms with E-state index in [-0.39, 0.29) is 17.5 Å². The second-order valence-electron chi connectivity index (χ2n) is 3.79. The lowest BCUT2D eigenvalue weighted by atomic mass is 10.1. The maximum Gasteiger partial charge on any atom is 0.254 e. The third-order valence-corrected chi connectivity index (χ3v) is 3.06. The van der Waals surface area contributed by atoms with E-state index < -0.39 is 5.82 Å². The van der Waals surface area contributed by atoms with Crippen LogP contribution in [0, 0.1) is 5.82 Å². The number of amides is 1. The van der Waals surface area contributed by atoms with Crippen molar-refractivity contribution in [3.63, 3.8) is 0 Å². The number of rotatable bonds is 2. The largest absolute Gasteiger partial charge is 0.348 e. The van der Waals surface area contributed by atoms with E-state index in [1.54, 1.807) is 6.07 Å². The molecule has 1 saturated heterocycles. The van der Waals surface area contributed by atoms with E-state index in [0.29, 0.717) is 4.47 Å². The van der Waals surface area contributed by atoms with Gasteiger partial charge in [-0.1, -0.05) is 15.9 Å². The van der Waals surface area contributed by atoms with Gasteiger partial charge < -0.3 is 10.6 Å². The second kappa shape index (κ2) is 4.93. The van der Waals surface area contributed by atoms with Gasteiger partial charge in [-0.05, 0) is 31.2 Å². The first-order valence-electron chi connectivity index (χ1n) is 5.13. The lowest BCUT2D eigenvalue weighted by Crippen LogP contribution is -2.36. The zero-order valence-corrected chi connectivity index (χ0v) is 10.2. The lowest BCUT2D eigenvalue weighted by Gasteiger charge is -2.11. The van der Waals surface area contributed by atoms with E-state index in [4.69, 9.17) is 0 Å². The van der Waals surface area contributed by atoms with Crippen molar-refractivity contribution < 1.29 is 9.18 Å². The molecule has 1 unspecified atom stereocenters. The van der Waals surface area contributed by atoms with Gasteiger partial charge in [0.05, 0.1) is 5.56 Å². The van der Waals surface area contributed by atoms with E-state index in [0.717, 1.165) is 19.5 Å². The lowest BCUT2D eigenvalue weighted by molar-refractivity contribution is 0.0936. The predicted molar refractivity (Wildman–Crippen MR) is 62.8 cm³/mol. The Hall–Kier alpha value is -0.940. The molecule has 2 N–H and O–H groups in total. The summed E-state index contributed by atoms with van der Waals surface area (Å²) in [6.45, 7) is 1.65. The molecule has 0 aromatic heterocycles. The van der Waals surface area contributed by atoms with E-state index in [1.165, 1.54) is 12.1 Å². The van der Waals surface area contributed by atoms with E-state index in [1.807, 2.05) is 0 Å². The van der Waals surface area contributed by atoms with Crippen LogP contribution in [0.4, 0.5) is 4.39 Å². The highest BCUT2D eigenvalue weighted by atomic mass is 79.9. The first-order valence-corrected chi connectivity index (χ1v) is 5.93. The summed E-state index contributed by atoms with van der Waals surface area (Å²) in [7, 11) is 0. The summed E-state index contributed by atoms with van der Waals surface area (Å²) in [6.07, 6.45) is 0.893. The fourth-order valence-electron chi connectivity index (χ4n) is 1.71. The van der Waals surface area contributed by atoms with Gasteiger partial charge in [0.2, 0.25) is 0 Å². The van der Waals surface area contributed by atoms with Crippen molar-refractivity contribution in [2.24, 2.45) is 0 Å². The number of carbonyl (C=O) groups excluding carboxylic acids is 1. The Morgan fingerprint density at radius 2 is 2.38 bits per heavy atom. The average Bonchev–Trinajstić information content (AvgIpc) is 2.70. The summed E-state index contributed by atoms with van der Waals surface area (Å²) in [4.78, 5) is 11.7. The molecule has 1 atom stereocenters. The second-order valence-corrected chi connectivity index (χ2v) is 4.70. The van der Waals surface area contributed by atoms with Gasteiger partial charge in [0.15, 0.2) is 0 Å². The molecule has 1 amide bonds. The van der Waals surface area contributed by atoms with Crippen LogP contribution in [0.25, 0.3) is 0 Å². The van der Waals surface area contributed by atoms with Crippen LogP contribution in [0.5, 0.6) is 0 Å². The van der Waals surface area contributed by atoms with Crippen LogP contribution < -0.4 is 10.6 Å². The van der Waals surface area contributed by atoms with Crippen LogP contribution in [-0.2, 0) is 0 Å². The number of carbonyl (C=O) groups is 1. The van der Waals surface area contributed by atoms with Crippen molar-refractivity contribution in [1.82, 2.24) is 10.6 Å². The third-order valence-electron chi connectivity index (χ3n) is 2.57. The maximum absolute atomic E-state index is 13.5. The summed E-state index contributed by atoms with van der Waals surface area (Å²) >= 11 is 3.15. The van der Waals surface area contributed by atoms with Gasteiger partial charge in [0, 0.05) is 17.1 Å². The molecule has 3 nitrogen and oxygen atoms in total. The van der Waals surface area contributed by atoms with Crippen LogP contribution in [0.2, 0.25) is 0 Å². The van der Waals surface area contributed by atoms with Crippen LogP contribution in [0.1, 0.15) is 16.8 Å². The standard InChI is InChI=1S/C11H12BrFN2O/c12-7-1-2-9(10(13)5-7)11(16)15-8-3-4-14-6-8/h1-2,5,8,14H,3-4,6H2,(H,15,16). The summed E-state index contributed by atoms with van der Waals surface area (Å²) in [5.74, 6) is -0.850. The van der Waals surface area contributed by atoms with E-state index in [9.17, 15) is 9.18 Å². The van der Waals surface area contributed by atoms with Crippen molar-refractivity contribution in [2.45, 2.75) is 12.5 Å². The van der Waals surface area contributed by atoms with Crippen molar-refractivity contribution >= 4 is 21.8 Å². The van der Waals surface area contributed by atoms with Crippen LogP contribution >= 0.6 is 15.9 Å². The molecule has 0 spiro atoms. The number of benzene rings is 1. The Kier molecular flexibility index (Phi) is 3.56. The van der Waals surface area contributed by atoms with Crippen LogP contribution in [-0.4, -0.2) is 25.0 Å². The highest BCUT2D eigenvalue weighted by Gasteiger charge is 2.19. The number of halogens is 2. The quantitative estimate of drug-likeness (QED) is 0.869. The molecule has 16 heavy (non-hydrogen) atoms. The zero-order valence-electron chi connectivity index (χ0n) is 8.59. The molecule has 2 rings (SSSR count). The minimum Gasteiger partial charge on any atom is -0.348 e. The number of hydrogen-bond acceptors (Lipinski definition) is 2. The number of hydrogen-bond donors (Lipinski definition) is 2. The fourth-order valence-corrected chi connectivity index (χ4v) is 2.05. The fraction of sp³-hybridized carbons (Fsp3) is 0.364. The summed E-state index contributed by atoms with van der Waals surface area (Å²) < 4.78 is 14.1. The normalized spacial score (nSPS) is 19.8. The van der Waals surface area contributed by atoms with E-state index >= 15 is 0 Å². The zero-order chi connectivity index (χ0) is 11.5. The minimum atomic E-state index is -0.502. The first-order chi connectivity index (χ1) is 7.66. The molecule has 1 aliphatic rings. The predicted octanol–water partition coefficient (Wildman–Crippen LogP) is 1.68. The molecule has 0 radical (unpaired) electrons. The molecule has 86 valence electrons. The molecule has 1 aliphatic heterocycles. The number of nitrogens with one attached hydrogen (secondary N) is 2. The topological polar surface area (TPSA) is 41.1 Å². The molecule has 1 heterocycles. The highest BCUT2D eigenvalue weighted by molar-refractivity contribution is 9.10. The highest BCUT2D eigenvalue weighted by Crippen LogP contribution is 2.15. The molecule has 1 fully saturated rings. The van der Waals surface area contributed by atoms with Gasteiger partial charge in [-0.25, -0.2) is 4.39 Å². The van der Waals surface area contributed by atoms with Gasteiger partial charge >= 0.3 is 0 Å². The maximum atomic E-state index is 13.5. The van der Waals surface area contributed by atoms with Gasteiger partial charge in [-0.3, -0.25) is 4.79 Å². The Morgan fingerprint density at radius 1 is 1.56 bits per heavy atom. The molecule has 1 aromatic carbocycles. The molecule has 0 saturated carbocycles. The SMILES string of the molecule is O=C(NC1CCNC1)c1ccc(Br)cc1F. The summed E-state index contributed by atoms with van der Waals surface area (Å²) in [5, 5.41) is 5.94. The summed E-state index contributed by atoms with van der Waals surface area (Å²) in [5.41, 5.74) is 0.0927. The van der Waals surface area contributed by atoms with Crippen LogP contribution in [0.15, 0.2) is 22.7 Å². The van der Waals surface area contributed by atoms with E-state index in [2.05, 4.69) is 26.6 Å². The monoisotopic (exact) mass is 286 g/mol. The third kappa shape index (κ3) is 2.59.